The highest BCUT2D eigenvalue weighted by atomic mass is 35.5. The molecule has 0 aromatic heterocycles. The molecule has 1 amide bonds. The third kappa shape index (κ3) is 4.05. The Bertz CT molecular complexity index is 1120. The first-order chi connectivity index (χ1) is 14.3. The Kier molecular flexibility index (Phi) is 5.51. The lowest BCUT2D eigenvalue weighted by atomic mass is 9.88. The Balaban J connectivity index is 1.63. The lowest BCUT2D eigenvalue weighted by Crippen LogP contribution is -2.44. The number of nitrogens with one attached hydrogen (secondary N) is 1. The molecule has 6 heteroatoms. The number of nitrogens with zero attached hydrogens (tertiary/aromatic N) is 2. The van der Waals surface area contributed by atoms with Gasteiger partial charge >= 0.3 is 0 Å². The van der Waals surface area contributed by atoms with Crippen LogP contribution in [0.2, 0.25) is 5.02 Å². The number of rotatable bonds is 3. The van der Waals surface area contributed by atoms with E-state index in [2.05, 4.69) is 67.2 Å². The highest BCUT2D eigenvalue weighted by Crippen LogP contribution is 2.39. The van der Waals surface area contributed by atoms with Gasteiger partial charge in [0.25, 0.3) is 5.91 Å². The number of halogens is 1. The molecular formula is C24H24ClN3OS. The Labute approximate surface area is 186 Å². The first-order valence-corrected chi connectivity index (χ1v) is 11.1. The van der Waals surface area contributed by atoms with Crippen molar-refractivity contribution >= 4 is 57.5 Å². The fourth-order valence-electron chi connectivity index (χ4n) is 4.06. The third-order valence-electron chi connectivity index (χ3n) is 5.31. The highest BCUT2D eigenvalue weighted by molar-refractivity contribution is 8.18. The molecule has 0 radical (unpaired) electrons. The molecule has 2 heterocycles. The fourth-order valence-corrected chi connectivity index (χ4v) is 5.09. The van der Waals surface area contributed by atoms with Gasteiger partial charge in [-0.3, -0.25) is 4.79 Å². The van der Waals surface area contributed by atoms with Gasteiger partial charge in [0, 0.05) is 22.8 Å². The predicted molar refractivity (Wildman–Crippen MR) is 129 cm³/mol. The van der Waals surface area contributed by atoms with Gasteiger partial charge in [0.1, 0.15) is 0 Å². The molecule has 2 aliphatic rings. The summed E-state index contributed by atoms with van der Waals surface area (Å²) in [6, 6.07) is 13.6. The van der Waals surface area contributed by atoms with E-state index in [1.165, 1.54) is 28.6 Å². The Morgan fingerprint density at radius 1 is 1.23 bits per heavy atom. The van der Waals surface area contributed by atoms with Crippen molar-refractivity contribution in [2.45, 2.75) is 33.2 Å². The summed E-state index contributed by atoms with van der Waals surface area (Å²) in [6.07, 6.45) is 4.23. The van der Waals surface area contributed by atoms with Crippen LogP contribution >= 0.6 is 23.4 Å². The Hall–Kier alpha value is -2.50. The zero-order valence-electron chi connectivity index (χ0n) is 17.5. The number of benzene rings is 2. The number of amidine groups is 1. The van der Waals surface area contributed by atoms with E-state index in [1.54, 1.807) is 12.1 Å². The highest BCUT2D eigenvalue weighted by Gasteiger charge is 2.30. The van der Waals surface area contributed by atoms with Gasteiger partial charge in [0.05, 0.1) is 16.1 Å². The molecule has 1 N–H and O–H groups in total. The molecule has 1 saturated heterocycles. The van der Waals surface area contributed by atoms with Crippen LogP contribution in [0.15, 0.2) is 58.4 Å². The molecule has 0 aliphatic carbocycles. The second-order valence-corrected chi connectivity index (χ2v) is 9.43. The van der Waals surface area contributed by atoms with Gasteiger partial charge in [-0.05, 0) is 87.0 Å². The molecule has 0 atom stereocenters. The minimum Gasteiger partial charge on any atom is -0.363 e. The molecule has 2 aliphatic heterocycles. The number of carbonyl (C=O) groups excluding carboxylic acids is 1. The average Bonchev–Trinajstić information content (AvgIpc) is 3.00. The van der Waals surface area contributed by atoms with Gasteiger partial charge in [-0.2, -0.15) is 0 Å². The minimum absolute atomic E-state index is 0.0152. The summed E-state index contributed by atoms with van der Waals surface area (Å²) < 4.78 is 0. The van der Waals surface area contributed by atoms with Crippen LogP contribution in [0.25, 0.3) is 11.6 Å². The van der Waals surface area contributed by atoms with E-state index >= 15 is 0 Å². The molecule has 2 aromatic rings. The largest absolute Gasteiger partial charge is 0.363 e. The second kappa shape index (κ2) is 7.97. The van der Waals surface area contributed by atoms with Crippen LogP contribution in [0, 0.1) is 0 Å². The van der Waals surface area contributed by atoms with E-state index in [1.807, 2.05) is 18.2 Å². The van der Waals surface area contributed by atoms with Crippen LogP contribution in [-0.2, 0) is 4.79 Å². The SMILES string of the molecule is CCN1c2ccc(/C=C3/SC(=Nc4cccc(Cl)c4)NC3=O)cc2C(C)=CC1(C)C. The first kappa shape index (κ1) is 20.8. The van der Waals surface area contributed by atoms with Gasteiger partial charge in [0.15, 0.2) is 5.17 Å². The predicted octanol–water partition coefficient (Wildman–Crippen LogP) is 6.25. The molecule has 2 aromatic carbocycles. The number of amides is 1. The Morgan fingerprint density at radius 2 is 2.03 bits per heavy atom. The molecule has 30 heavy (non-hydrogen) atoms. The third-order valence-corrected chi connectivity index (χ3v) is 6.45. The summed E-state index contributed by atoms with van der Waals surface area (Å²) in [5.41, 5.74) is 5.39. The van der Waals surface area contributed by atoms with E-state index < -0.39 is 0 Å². The van der Waals surface area contributed by atoms with Crippen molar-refractivity contribution < 1.29 is 4.79 Å². The summed E-state index contributed by atoms with van der Waals surface area (Å²) in [5, 5.41) is 4.00. The van der Waals surface area contributed by atoms with Crippen LogP contribution in [-0.4, -0.2) is 23.2 Å². The molecule has 1 fully saturated rings. The van der Waals surface area contributed by atoms with Crippen molar-refractivity contribution in [3.8, 4) is 0 Å². The van der Waals surface area contributed by atoms with Crippen LogP contribution < -0.4 is 10.2 Å². The number of allylic oxidation sites excluding steroid dienone is 1. The maximum absolute atomic E-state index is 12.5. The van der Waals surface area contributed by atoms with E-state index in [4.69, 9.17) is 11.6 Å². The molecule has 0 spiro atoms. The normalized spacial score (nSPS) is 20.4. The zero-order valence-corrected chi connectivity index (χ0v) is 19.1. The van der Waals surface area contributed by atoms with Crippen molar-refractivity contribution in [2.24, 2.45) is 4.99 Å². The van der Waals surface area contributed by atoms with Crippen molar-refractivity contribution in [3.05, 3.63) is 69.6 Å². The number of hydrogen-bond donors (Lipinski definition) is 1. The topological polar surface area (TPSA) is 44.7 Å². The smallest absolute Gasteiger partial charge is 0.264 e. The van der Waals surface area contributed by atoms with Crippen molar-refractivity contribution in [1.29, 1.82) is 0 Å². The molecular weight excluding hydrogens is 414 g/mol. The van der Waals surface area contributed by atoms with Crippen molar-refractivity contribution in [1.82, 2.24) is 5.32 Å². The van der Waals surface area contributed by atoms with Gasteiger partial charge < -0.3 is 10.2 Å². The molecule has 0 bridgehead atoms. The zero-order chi connectivity index (χ0) is 21.5. The second-order valence-electron chi connectivity index (χ2n) is 7.96. The maximum atomic E-state index is 12.5. The summed E-state index contributed by atoms with van der Waals surface area (Å²) in [6.45, 7) is 9.73. The molecule has 0 unspecified atom stereocenters. The number of aliphatic imine (C=N–C) groups is 1. The van der Waals surface area contributed by atoms with Crippen molar-refractivity contribution in [3.63, 3.8) is 0 Å². The standard InChI is InChI=1S/C24H24ClN3OS/c1-5-28-20-10-9-16(11-19(20)15(2)14-24(28,3)4)12-21-22(29)27-23(30-21)26-18-8-6-7-17(25)13-18/h6-14H,5H2,1-4H3,(H,26,27,29)/b21-12+. The summed E-state index contributed by atoms with van der Waals surface area (Å²) in [5.74, 6) is -0.137. The first-order valence-electron chi connectivity index (χ1n) is 9.93. The lowest BCUT2D eigenvalue weighted by Gasteiger charge is -2.42. The minimum atomic E-state index is -0.137. The van der Waals surface area contributed by atoms with Crippen LogP contribution in [0.3, 0.4) is 0 Å². The van der Waals surface area contributed by atoms with Gasteiger partial charge in [0.2, 0.25) is 0 Å². The Morgan fingerprint density at radius 3 is 2.77 bits per heavy atom. The number of carbonyl (C=O) groups is 1. The quantitative estimate of drug-likeness (QED) is 0.577. The number of anilines is 1. The van der Waals surface area contributed by atoms with Gasteiger partial charge in [-0.15, -0.1) is 0 Å². The van der Waals surface area contributed by atoms with E-state index in [0.29, 0.717) is 20.8 Å². The fraction of sp³-hybridized carbons (Fsp3) is 0.250. The van der Waals surface area contributed by atoms with Gasteiger partial charge in [-0.25, -0.2) is 4.99 Å². The van der Waals surface area contributed by atoms with Crippen LogP contribution in [0.4, 0.5) is 11.4 Å². The molecule has 4 rings (SSSR count). The summed E-state index contributed by atoms with van der Waals surface area (Å²) >= 11 is 7.36. The van der Waals surface area contributed by atoms with E-state index in [0.717, 1.165) is 12.1 Å². The average molecular weight is 438 g/mol. The van der Waals surface area contributed by atoms with Crippen molar-refractivity contribution in [2.75, 3.05) is 11.4 Å². The maximum Gasteiger partial charge on any atom is 0.264 e. The number of likely N-dealkylation sites (N-methyl/N-ethyl adjacent to an activating group) is 1. The number of thioether (sulfide) groups is 1. The van der Waals surface area contributed by atoms with Crippen LogP contribution in [0.5, 0.6) is 0 Å². The molecule has 154 valence electrons. The lowest BCUT2D eigenvalue weighted by molar-refractivity contribution is -0.115. The summed E-state index contributed by atoms with van der Waals surface area (Å²) in [7, 11) is 0. The monoisotopic (exact) mass is 437 g/mol. The van der Waals surface area contributed by atoms with Gasteiger partial charge in [-0.1, -0.05) is 29.8 Å². The van der Waals surface area contributed by atoms with Crippen LogP contribution in [0.1, 0.15) is 38.8 Å². The van der Waals surface area contributed by atoms with E-state index in [9.17, 15) is 4.79 Å². The summed E-state index contributed by atoms with van der Waals surface area (Å²) in [4.78, 5) is 20.0. The van der Waals surface area contributed by atoms with E-state index in [-0.39, 0.29) is 11.4 Å². The molecule has 4 nitrogen and oxygen atoms in total. The molecule has 0 saturated carbocycles. The number of hydrogen-bond acceptors (Lipinski definition) is 4. The number of fused-ring (bicyclic) bond motifs is 1.